The quantitative estimate of drug-likeness (QED) is 0.717. The van der Waals surface area contributed by atoms with E-state index in [4.69, 9.17) is 0 Å². The molecule has 0 saturated heterocycles. The Bertz CT molecular complexity index is 341. The first-order valence-electron chi connectivity index (χ1n) is 6.81. The van der Waals surface area contributed by atoms with Gasteiger partial charge < -0.3 is 5.11 Å². The normalized spacial score (nSPS) is 29.1. The fourth-order valence-corrected chi connectivity index (χ4v) is 2.79. The lowest BCUT2D eigenvalue weighted by Crippen LogP contribution is -2.34. The van der Waals surface area contributed by atoms with Gasteiger partial charge in [0, 0.05) is 12.3 Å². The molecule has 0 spiro atoms. The van der Waals surface area contributed by atoms with Gasteiger partial charge >= 0.3 is 0 Å². The minimum atomic E-state index is -0.350. The molecule has 2 aliphatic rings. The summed E-state index contributed by atoms with van der Waals surface area (Å²) >= 11 is 0. The van der Waals surface area contributed by atoms with Crippen LogP contribution in [-0.4, -0.2) is 17.0 Å². The minimum Gasteiger partial charge on any atom is -0.389 e. The lowest BCUT2D eigenvalue weighted by Gasteiger charge is -2.30. The molecule has 2 nitrogen and oxygen atoms in total. The van der Waals surface area contributed by atoms with Gasteiger partial charge in [-0.2, -0.15) is 0 Å². The number of rotatable bonds is 6. The molecule has 2 aliphatic carbocycles. The molecule has 0 heterocycles. The van der Waals surface area contributed by atoms with Crippen molar-refractivity contribution in [2.75, 3.05) is 0 Å². The average molecular weight is 234 g/mol. The summed E-state index contributed by atoms with van der Waals surface area (Å²) in [5.41, 5.74) is 1.14. The van der Waals surface area contributed by atoms with Crippen LogP contribution in [0.3, 0.4) is 0 Å². The Morgan fingerprint density at radius 2 is 2.35 bits per heavy atom. The predicted molar refractivity (Wildman–Crippen MR) is 68.6 cm³/mol. The van der Waals surface area contributed by atoms with Crippen molar-refractivity contribution < 1.29 is 9.90 Å². The number of aliphatic hydroxyl groups is 1. The summed E-state index contributed by atoms with van der Waals surface area (Å²) in [5, 5.41) is 9.77. The molecule has 0 aromatic heterocycles. The highest BCUT2D eigenvalue weighted by atomic mass is 16.3. The first kappa shape index (κ1) is 12.6. The maximum Gasteiger partial charge on any atom is 0.140 e. The van der Waals surface area contributed by atoms with Gasteiger partial charge in [-0.25, -0.2) is 0 Å². The third-order valence-corrected chi connectivity index (χ3v) is 3.91. The molecule has 94 valence electrons. The Balaban J connectivity index is 1.78. The van der Waals surface area contributed by atoms with E-state index in [0.29, 0.717) is 11.7 Å². The smallest absolute Gasteiger partial charge is 0.140 e. The van der Waals surface area contributed by atoms with Crippen LogP contribution < -0.4 is 0 Å². The Labute approximate surface area is 103 Å². The molecule has 0 bridgehead atoms. The van der Waals surface area contributed by atoms with Gasteiger partial charge in [0.2, 0.25) is 0 Å². The Kier molecular flexibility index (Phi) is 4.16. The number of hydrogen-bond acceptors (Lipinski definition) is 2. The fourth-order valence-electron chi connectivity index (χ4n) is 2.79. The second kappa shape index (κ2) is 5.63. The lowest BCUT2D eigenvalue weighted by molar-refractivity contribution is -0.131. The van der Waals surface area contributed by atoms with Gasteiger partial charge in [0.1, 0.15) is 5.78 Å². The predicted octanol–water partition coefficient (Wildman–Crippen LogP) is 3.02. The van der Waals surface area contributed by atoms with Crippen molar-refractivity contribution in [3.8, 4) is 0 Å². The first-order chi connectivity index (χ1) is 8.22. The van der Waals surface area contributed by atoms with Gasteiger partial charge in [0.25, 0.3) is 0 Å². The lowest BCUT2D eigenvalue weighted by atomic mass is 9.72. The van der Waals surface area contributed by atoms with E-state index in [1.807, 2.05) is 12.2 Å². The van der Waals surface area contributed by atoms with Gasteiger partial charge in [0.05, 0.1) is 6.10 Å². The van der Waals surface area contributed by atoms with Crippen molar-refractivity contribution >= 4 is 5.78 Å². The largest absolute Gasteiger partial charge is 0.389 e. The van der Waals surface area contributed by atoms with Crippen molar-refractivity contribution in [1.29, 1.82) is 0 Å². The highest BCUT2D eigenvalue weighted by molar-refractivity contribution is 5.91. The van der Waals surface area contributed by atoms with Crippen molar-refractivity contribution in [2.45, 2.75) is 51.6 Å². The number of allylic oxidation sites excluding steroid dienone is 3. The number of carbonyl (C=O) groups excluding carboxylic acids is 1. The topological polar surface area (TPSA) is 37.3 Å². The molecule has 0 aromatic carbocycles. The minimum absolute atomic E-state index is 0.161. The molecule has 3 atom stereocenters. The summed E-state index contributed by atoms with van der Waals surface area (Å²) in [6, 6.07) is 0. The van der Waals surface area contributed by atoms with E-state index >= 15 is 0 Å². The molecule has 1 saturated carbocycles. The number of hydrogen-bond donors (Lipinski definition) is 1. The molecule has 0 radical (unpaired) electrons. The first-order valence-corrected chi connectivity index (χ1v) is 6.81. The zero-order chi connectivity index (χ0) is 12.3. The fraction of sp³-hybridized carbons (Fsp3) is 0.667. The number of fused-ring (bicyclic) bond motifs is 1. The molecule has 0 amide bonds. The van der Waals surface area contributed by atoms with Crippen LogP contribution in [-0.2, 0) is 4.79 Å². The molecule has 1 N–H and O–H groups in total. The van der Waals surface area contributed by atoms with Crippen LogP contribution in [0.25, 0.3) is 0 Å². The monoisotopic (exact) mass is 234 g/mol. The number of unbranched alkanes of at least 4 members (excludes halogenated alkanes) is 2. The summed E-state index contributed by atoms with van der Waals surface area (Å²) in [6.45, 7) is 2.16. The van der Waals surface area contributed by atoms with Crippen LogP contribution in [0.2, 0.25) is 0 Å². The van der Waals surface area contributed by atoms with E-state index in [9.17, 15) is 9.90 Å². The number of carbonyl (C=O) groups is 1. The molecule has 1 fully saturated rings. The Morgan fingerprint density at radius 3 is 3.06 bits per heavy atom. The second-order valence-corrected chi connectivity index (χ2v) is 5.27. The van der Waals surface area contributed by atoms with Crippen LogP contribution >= 0.6 is 0 Å². The van der Waals surface area contributed by atoms with Crippen molar-refractivity contribution in [1.82, 2.24) is 0 Å². The van der Waals surface area contributed by atoms with Gasteiger partial charge in [-0.1, -0.05) is 44.4 Å². The molecule has 2 rings (SSSR count). The van der Waals surface area contributed by atoms with Crippen molar-refractivity contribution in [2.24, 2.45) is 11.8 Å². The highest BCUT2D eigenvalue weighted by Gasteiger charge is 2.43. The second-order valence-electron chi connectivity index (χ2n) is 5.27. The maximum absolute atomic E-state index is 11.4. The van der Waals surface area contributed by atoms with E-state index in [1.54, 1.807) is 0 Å². The van der Waals surface area contributed by atoms with Gasteiger partial charge in [-0.15, -0.1) is 0 Å². The van der Waals surface area contributed by atoms with Crippen molar-refractivity contribution in [3.05, 3.63) is 23.8 Å². The summed E-state index contributed by atoms with van der Waals surface area (Å²) in [5.74, 6) is 1.11. The van der Waals surface area contributed by atoms with E-state index in [-0.39, 0.29) is 12.0 Å². The molecule has 0 aliphatic heterocycles. The number of Topliss-reactive ketones (excluding diaryl/α,β-unsaturated/α-hetero) is 1. The summed E-state index contributed by atoms with van der Waals surface area (Å²) < 4.78 is 0. The van der Waals surface area contributed by atoms with E-state index in [0.717, 1.165) is 31.3 Å². The van der Waals surface area contributed by atoms with Crippen LogP contribution in [0.15, 0.2) is 23.8 Å². The highest BCUT2D eigenvalue weighted by Crippen LogP contribution is 2.44. The van der Waals surface area contributed by atoms with Crippen LogP contribution in [0.5, 0.6) is 0 Å². The third kappa shape index (κ3) is 2.86. The Morgan fingerprint density at radius 1 is 1.53 bits per heavy atom. The SMILES string of the molecule is CCCCC[C@H](O)/C=C/C1=CC[C@@H]2CC(=O)[C@H]12. The maximum atomic E-state index is 11.4. The molecular formula is C15H22O2. The summed E-state index contributed by atoms with van der Waals surface area (Å²) in [6.07, 6.45) is 11.7. The van der Waals surface area contributed by atoms with Crippen LogP contribution in [0.1, 0.15) is 45.4 Å². The van der Waals surface area contributed by atoms with Gasteiger partial charge in [0.15, 0.2) is 0 Å². The standard InChI is InChI=1S/C15H22O2/c1-2-3-4-5-13(16)9-8-11-6-7-12-10-14(17)15(11)12/h6,8-9,12-13,15-16H,2-5,7,10H2,1H3/b9-8+/t12-,13+,15-/m1/s1. The number of ketones is 1. The third-order valence-electron chi connectivity index (χ3n) is 3.91. The zero-order valence-electron chi connectivity index (χ0n) is 10.6. The van der Waals surface area contributed by atoms with Crippen molar-refractivity contribution in [3.63, 3.8) is 0 Å². The molecule has 0 unspecified atom stereocenters. The Hall–Kier alpha value is -0.890. The zero-order valence-corrected chi connectivity index (χ0v) is 10.6. The van der Waals surface area contributed by atoms with Crippen LogP contribution in [0.4, 0.5) is 0 Å². The average Bonchev–Trinajstić information content (AvgIpc) is 2.63. The summed E-state index contributed by atoms with van der Waals surface area (Å²) in [4.78, 5) is 11.4. The summed E-state index contributed by atoms with van der Waals surface area (Å²) in [7, 11) is 0. The van der Waals surface area contributed by atoms with Crippen LogP contribution in [0, 0.1) is 11.8 Å². The number of aliphatic hydroxyl groups excluding tert-OH is 1. The molecular weight excluding hydrogens is 212 g/mol. The molecule has 0 aromatic rings. The van der Waals surface area contributed by atoms with E-state index in [1.165, 1.54) is 12.8 Å². The molecule has 2 heteroatoms. The van der Waals surface area contributed by atoms with E-state index in [2.05, 4.69) is 13.0 Å². The van der Waals surface area contributed by atoms with E-state index < -0.39 is 0 Å². The van der Waals surface area contributed by atoms with Gasteiger partial charge in [-0.3, -0.25) is 4.79 Å². The van der Waals surface area contributed by atoms with Gasteiger partial charge in [-0.05, 0) is 24.3 Å². The molecule has 17 heavy (non-hydrogen) atoms.